The third-order valence-electron chi connectivity index (χ3n) is 9.50. The zero-order chi connectivity index (χ0) is 38.1. The number of hydrogen-bond acceptors (Lipinski definition) is 21. The minimum absolute atomic E-state index is 0.193. The number of aliphatic hydroxyl groups excluding tert-OH is 11. The van der Waals surface area contributed by atoms with Crippen molar-refractivity contribution >= 4 is 0 Å². The van der Waals surface area contributed by atoms with E-state index in [1.54, 1.807) is 0 Å². The number of aliphatic hydroxyl groups is 11. The second-order valence-electron chi connectivity index (χ2n) is 13.3. The average molecular weight is 764 g/mol. The van der Waals surface area contributed by atoms with E-state index in [-0.39, 0.29) is 6.61 Å². The van der Waals surface area contributed by atoms with Gasteiger partial charge in [0.05, 0.1) is 39.1 Å². The van der Waals surface area contributed by atoms with Gasteiger partial charge in [0.15, 0.2) is 25.2 Å². The van der Waals surface area contributed by atoms with Crippen LogP contribution in [-0.4, -0.2) is 219 Å². The maximum absolute atomic E-state index is 11.1. The summed E-state index contributed by atoms with van der Waals surface area (Å²) in [7, 11) is 0. The summed E-state index contributed by atoms with van der Waals surface area (Å²) in [4.78, 5) is 0. The number of nitrogens with two attached hydrogens (primary N) is 1. The lowest BCUT2D eigenvalue weighted by atomic mass is 9.96. The van der Waals surface area contributed by atoms with Gasteiger partial charge in [-0.3, -0.25) is 0 Å². The molecule has 0 aliphatic carbocycles. The van der Waals surface area contributed by atoms with Crippen LogP contribution < -0.4 is 5.73 Å². The van der Waals surface area contributed by atoms with Crippen LogP contribution in [0.1, 0.15) is 32.6 Å². The number of ether oxygens (including phenoxy) is 9. The Morgan fingerprint density at radius 2 is 1.21 bits per heavy atom. The van der Waals surface area contributed by atoms with Gasteiger partial charge in [-0.1, -0.05) is 12.8 Å². The second kappa shape index (κ2) is 20.9. The highest BCUT2D eigenvalue weighted by atomic mass is 16.8. The molecule has 0 amide bonds. The van der Waals surface area contributed by atoms with Gasteiger partial charge >= 0.3 is 0 Å². The average Bonchev–Trinajstić information content (AvgIpc) is 3.96. The van der Waals surface area contributed by atoms with Gasteiger partial charge < -0.3 is 105 Å². The molecule has 0 aromatic heterocycles. The number of hydrogen-bond donors (Lipinski definition) is 12. The summed E-state index contributed by atoms with van der Waals surface area (Å²) in [6, 6.07) is 0. The molecule has 4 aliphatic heterocycles. The van der Waals surface area contributed by atoms with E-state index >= 15 is 0 Å². The normalized spacial score (nSPS) is 41.6. The lowest BCUT2D eigenvalue weighted by Crippen LogP contribution is -2.65. The first-order valence-electron chi connectivity index (χ1n) is 17.6. The van der Waals surface area contributed by atoms with E-state index in [0.29, 0.717) is 13.0 Å². The molecule has 4 rings (SSSR count). The number of epoxide rings is 1. The smallest absolute Gasteiger partial charge is 0.187 e. The summed E-state index contributed by atoms with van der Waals surface area (Å²) in [5.41, 5.74) is 5.49. The van der Waals surface area contributed by atoms with Crippen LogP contribution in [0.4, 0.5) is 0 Å². The number of fused-ring (bicyclic) bond motifs is 1. The Labute approximate surface area is 300 Å². The molecule has 306 valence electrons. The van der Waals surface area contributed by atoms with Crippen LogP contribution >= 0.6 is 0 Å². The SMILES string of the molecule is C[C@H](OC1OC(CO)C2OC2C1O)C(CO)OC(OC1C(CO)OC(OC2C(CO)OC(OCCCCCCN)C(O)C2O)C(O)C1O)[C@@H](O)CO. The molecule has 0 saturated carbocycles. The van der Waals surface area contributed by atoms with Crippen LogP contribution in [0.3, 0.4) is 0 Å². The topological polar surface area (TPSA) is 335 Å². The molecular weight excluding hydrogens is 706 g/mol. The molecule has 4 heterocycles. The van der Waals surface area contributed by atoms with Crippen molar-refractivity contribution in [3.8, 4) is 0 Å². The fraction of sp³-hybridized carbons (Fsp3) is 1.00. The van der Waals surface area contributed by atoms with E-state index in [2.05, 4.69) is 0 Å². The predicted molar refractivity (Wildman–Crippen MR) is 169 cm³/mol. The third-order valence-corrected chi connectivity index (χ3v) is 9.50. The molecule has 52 heavy (non-hydrogen) atoms. The number of rotatable bonds is 22. The summed E-state index contributed by atoms with van der Waals surface area (Å²) >= 11 is 0. The van der Waals surface area contributed by atoms with E-state index in [4.69, 9.17) is 48.4 Å². The Bertz CT molecular complexity index is 1020. The van der Waals surface area contributed by atoms with Crippen LogP contribution in [-0.2, 0) is 42.6 Å². The summed E-state index contributed by atoms with van der Waals surface area (Å²) in [5.74, 6) is 0. The molecule has 0 bridgehead atoms. The van der Waals surface area contributed by atoms with E-state index < -0.39 is 150 Å². The zero-order valence-corrected chi connectivity index (χ0v) is 28.9. The first-order chi connectivity index (χ1) is 24.9. The summed E-state index contributed by atoms with van der Waals surface area (Å²) in [5, 5.41) is 114. The molecule has 21 heteroatoms. The zero-order valence-electron chi connectivity index (χ0n) is 28.9. The maximum atomic E-state index is 11.1. The van der Waals surface area contributed by atoms with Crippen LogP contribution in [0.5, 0.6) is 0 Å². The van der Waals surface area contributed by atoms with Gasteiger partial charge in [-0.2, -0.15) is 0 Å². The van der Waals surface area contributed by atoms with Gasteiger partial charge in [-0.05, 0) is 26.3 Å². The standard InChI is InChI=1S/C31H57NO20/c1-13(45-31-23(43)27-26(50-27)18(12-37)49-31)15(9-34)46-28(14(38)8-33)51-24-17(11-36)48-30(22(42)20(24)40)52-25-16(10-35)47-29(21(41)19(25)39)44-7-5-3-2-4-6-32/h13-31,33-43H,2-12,32H2,1H3/t13-,14-,15?,16?,17?,18?,19?,20?,21?,22?,23?,24?,25?,26?,27?,28?,29?,30?,31?/m0/s1. The molecule has 19 atom stereocenters. The van der Waals surface area contributed by atoms with Crippen molar-refractivity contribution in [1.29, 1.82) is 0 Å². The predicted octanol–water partition coefficient (Wildman–Crippen LogP) is -6.52. The van der Waals surface area contributed by atoms with Crippen molar-refractivity contribution in [2.24, 2.45) is 5.73 Å². The fourth-order valence-corrected chi connectivity index (χ4v) is 6.33. The van der Waals surface area contributed by atoms with Crippen molar-refractivity contribution in [2.75, 3.05) is 46.2 Å². The third kappa shape index (κ3) is 10.7. The first-order valence-corrected chi connectivity index (χ1v) is 17.6. The van der Waals surface area contributed by atoms with Crippen molar-refractivity contribution in [3.05, 3.63) is 0 Å². The van der Waals surface area contributed by atoms with E-state index in [0.717, 1.165) is 19.3 Å². The minimum atomic E-state index is -1.96. The molecular formula is C31H57NO20. The van der Waals surface area contributed by atoms with Gasteiger partial charge in [0.25, 0.3) is 0 Å². The Morgan fingerprint density at radius 3 is 1.85 bits per heavy atom. The molecule has 21 nitrogen and oxygen atoms in total. The van der Waals surface area contributed by atoms with Gasteiger partial charge in [0.2, 0.25) is 0 Å². The molecule has 0 spiro atoms. The van der Waals surface area contributed by atoms with Crippen LogP contribution in [0.2, 0.25) is 0 Å². The summed E-state index contributed by atoms with van der Waals surface area (Å²) < 4.78 is 50.6. The molecule has 17 unspecified atom stereocenters. The van der Waals surface area contributed by atoms with Gasteiger partial charge in [-0.25, -0.2) is 0 Å². The van der Waals surface area contributed by atoms with Crippen molar-refractivity contribution < 1.29 is 98.8 Å². The first kappa shape index (κ1) is 43.9. The van der Waals surface area contributed by atoms with Gasteiger partial charge in [0, 0.05) is 6.61 Å². The molecule has 13 N–H and O–H groups in total. The van der Waals surface area contributed by atoms with Crippen LogP contribution in [0.25, 0.3) is 0 Å². The highest BCUT2D eigenvalue weighted by Crippen LogP contribution is 2.38. The highest BCUT2D eigenvalue weighted by Gasteiger charge is 2.58. The Balaban J connectivity index is 1.37. The largest absolute Gasteiger partial charge is 0.394 e. The molecule has 0 aromatic carbocycles. The summed E-state index contributed by atoms with van der Waals surface area (Å²) in [6.45, 7) is -1.45. The molecule has 4 aliphatic rings. The Kier molecular flexibility index (Phi) is 17.6. The van der Waals surface area contributed by atoms with Crippen molar-refractivity contribution in [1.82, 2.24) is 0 Å². The lowest BCUT2D eigenvalue weighted by molar-refractivity contribution is -0.373. The summed E-state index contributed by atoms with van der Waals surface area (Å²) in [6.07, 6.45) is -23.5. The lowest BCUT2D eigenvalue weighted by Gasteiger charge is -2.47. The monoisotopic (exact) mass is 763 g/mol. The quantitative estimate of drug-likeness (QED) is 0.0277. The Morgan fingerprint density at radius 1 is 0.615 bits per heavy atom. The number of unbranched alkanes of at least 4 members (excludes halogenated alkanes) is 3. The maximum Gasteiger partial charge on any atom is 0.187 e. The van der Waals surface area contributed by atoms with E-state index in [1.807, 2.05) is 0 Å². The Hall–Kier alpha value is -0.840. The van der Waals surface area contributed by atoms with Crippen LogP contribution in [0.15, 0.2) is 0 Å². The van der Waals surface area contributed by atoms with E-state index in [1.165, 1.54) is 6.92 Å². The second-order valence-corrected chi connectivity index (χ2v) is 13.3. The van der Waals surface area contributed by atoms with Crippen LogP contribution in [0, 0.1) is 0 Å². The van der Waals surface area contributed by atoms with Crippen molar-refractivity contribution in [2.45, 2.75) is 149 Å². The van der Waals surface area contributed by atoms with Gasteiger partial charge in [0.1, 0.15) is 85.5 Å². The minimum Gasteiger partial charge on any atom is -0.394 e. The fourth-order valence-electron chi connectivity index (χ4n) is 6.33. The molecule has 0 aromatic rings. The molecule has 4 saturated heterocycles. The van der Waals surface area contributed by atoms with E-state index in [9.17, 15) is 56.2 Å². The molecule has 4 fully saturated rings. The molecule has 0 radical (unpaired) electrons. The van der Waals surface area contributed by atoms with Crippen molar-refractivity contribution in [3.63, 3.8) is 0 Å². The highest BCUT2D eigenvalue weighted by molar-refractivity contribution is 5.01. The van der Waals surface area contributed by atoms with Gasteiger partial charge in [-0.15, -0.1) is 0 Å².